The summed E-state index contributed by atoms with van der Waals surface area (Å²) >= 11 is 0. The molecule has 5 rings (SSSR count). The number of methoxy groups -OCH3 is 1. The quantitative estimate of drug-likeness (QED) is 0.346. The second-order valence-corrected chi connectivity index (χ2v) is 8.24. The number of carbonyl (C=O) groups excluding carboxylic acids is 1. The summed E-state index contributed by atoms with van der Waals surface area (Å²) in [6.45, 7) is 0.980. The molecule has 0 fully saturated rings. The molecule has 0 radical (unpaired) electrons. The summed E-state index contributed by atoms with van der Waals surface area (Å²) in [5.41, 5.74) is 1.37. The van der Waals surface area contributed by atoms with Gasteiger partial charge in [-0.1, -0.05) is 48.5 Å². The monoisotopic (exact) mass is 483 g/mol. The Kier molecular flexibility index (Phi) is 6.61. The van der Waals surface area contributed by atoms with Crippen LogP contribution in [0.25, 0.3) is 21.8 Å². The smallest absolute Gasteiger partial charge is 0.264 e. The molecule has 0 saturated heterocycles. The number of hydrogen-bond acceptors (Lipinski definition) is 6. The summed E-state index contributed by atoms with van der Waals surface area (Å²) < 4.78 is 13.9. The molecule has 0 aliphatic carbocycles. The van der Waals surface area contributed by atoms with E-state index in [4.69, 9.17) is 9.47 Å². The van der Waals surface area contributed by atoms with Crippen LogP contribution in [0.3, 0.4) is 0 Å². The van der Waals surface area contributed by atoms with E-state index in [1.807, 2.05) is 24.3 Å². The molecular formula is C27H25N5O4. The fourth-order valence-electron chi connectivity index (χ4n) is 4.08. The first-order chi connectivity index (χ1) is 17.6. The molecule has 0 unspecified atom stereocenters. The van der Waals surface area contributed by atoms with Crippen LogP contribution in [0.5, 0.6) is 11.5 Å². The normalized spacial score (nSPS) is 11.0. The molecule has 0 bridgehead atoms. The van der Waals surface area contributed by atoms with Gasteiger partial charge in [0, 0.05) is 12.6 Å². The molecule has 2 aromatic heterocycles. The highest BCUT2D eigenvalue weighted by Gasteiger charge is 2.12. The Bertz CT molecular complexity index is 1590. The molecule has 3 aromatic carbocycles. The van der Waals surface area contributed by atoms with E-state index in [9.17, 15) is 9.59 Å². The van der Waals surface area contributed by atoms with Gasteiger partial charge in [0.05, 0.1) is 26.4 Å². The Morgan fingerprint density at radius 1 is 1.00 bits per heavy atom. The number of hydrogen-bond donors (Lipinski definition) is 1. The molecule has 1 N–H and O–H groups in total. The van der Waals surface area contributed by atoms with Gasteiger partial charge in [0.15, 0.2) is 12.3 Å². The molecule has 5 aromatic rings. The predicted molar refractivity (Wildman–Crippen MR) is 136 cm³/mol. The van der Waals surface area contributed by atoms with Crippen molar-refractivity contribution in [1.29, 1.82) is 0 Å². The molecule has 1 amide bonds. The standard InChI is InChI=1S/C27H25N5O4/c1-35-21-9-5-10-22(14-21)36-17-25(33)28-12-13-32-26-24(15-30-32)27(34)31(18-29-26)16-20-8-4-7-19-6-2-3-11-23(19)20/h2-11,14-15,18H,12-13,16-17H2,1H3,(H,28,33). The molecular weight excluding hydrogens is 458 g/mol. The number of amides is 1. The molecule has 9 nitrogen and oxygen atoms in total. The first-order valence-electron chi connectivity index (χ1n) is 11.5. The van der Waals surface area contributed by atoms with Gasteiger partial charge in [-0.25, -0.2) is 9.67 Å². The van der Waals surface area contributed by atoms with Crippen LogP contribution in [0.1, 0.15) is 5.56 Å². The van der Waals surface area contributed by atoms with Crippen LogP contribution < -0.4 is 20.3 Å². The van der Waals surface area contributed by atoms with Crippen LogP contribution in [0, 0.1) is 0 Å². The summed E-state index contributed by atoms with van der Waals surface area (Å²) in [5.74, 6) is 0.938. The van der Waals surface area contributed by atoms with Crippen molar-refractivity contribution in [3.05, 3.63) is 95.2 Å². The predicted octanol–water partition coefficient (Wildman–Crippen LogP) is 3.00. The summed E-state index contributed by atoms with van der Waals surface area (Å²) in [5, 5.41) is 9.77. The average Bonchev–Trinajstić information content (AvgIpc) is 3.33. The third-order valence-electron chi connectivity index (χ3n) is 5.90. The van der Waals surface area contributed by atoms with Crippen molar-refractivity contribution in [2.24, 2.45) is 0 Å². The van der Waals surface area contributed by atoms with Crippen LogP contribution in [0.4, 0.5) is 0 Å². The van der Waals surface area contributed by atoms with Gasteiger partial charge in [0.2, 0.25) is 0 Å². The van der Waals surface area contributed by atoms with E-state index in [2.05, 4.69) is 33.6 Å². The highest BCUT2D eigenvalue weighted by atomic mass is 16.5. The average molecular weight is 484 g/mol. The molecule has 182 valence electrons. The van der Waals surface area contributed by atoms with Crippen LogP contribution >= 0.6 is 0 Å². The van der Waals surface area contributed by atoms with E-state index in [0.717, 1.165) is 16.3 Å². The lowest BCUT2D eigenvalue weighted by Crippen LogP contribution is -2.31. The first kappa shape index (κ1) is 23.1. The van der Waals surface area contributed by atoms with Gasteiger partial charge >= 0.3 is 0 Å². The number of fused-ring (bicyclic) bond motifs is 2. The van der Waals surface area contributed by atoms with Crippen molar-refractivity contribution in [2.75, 3.05) is 20.3 Å². The summed E-state index contributed by atoms with van der Waals surface area (Å²) in [4.78, 5) is 29.7. The Balaban J connectivity index is 1.22. The second kappa shape index (κ2) is 10.3. The molecule has 0 saturated carbocycles. The van der Waals surface area contributed by atoms with Crippen molar-refractivity contribution in [1.82, 2.24) is 24.6 Å². The van der Waals surface area contributed by atoms with E-state index in [-0.39, 0.29) is 18.1 Å². The minimum atomic E-state index is -0.264. The van der Waals surface area contributed by atoms with Crippen LogP contribution in [-0.2, 0) is 17.9 Å². The number of nitrogens with zero attached hydrogens (tertiary/aromatic N) is 4. The lowest BCUT2D eigenvalue weighted by molar-refractivity contribution is -0.123. The molecule has 0 aliphatic heterocycles. The minimum Gasteiger partial charge on any atom is -0.497 e. The number of nitrogens with one attached hydrogen (secondary N) is 1. The van der Waals surface area contributed by atoms with E-state index in [1.165, 1.54) is 6.20 Å². The maximum atomic E-state index is 13.1. The van der Waals surface area contributed by atoms with Gasteiger partial charge in [-0.3, -0.25) is 14.2 Å². The SMILES string of the molecule is COc1cccc(OCC(=O)NCCn2ncc3c(=O)n(Cc4cccc5ccccc45)cnc32)c1. The number of aromatic nitrogens is 4. The van der Waals surface area contributed by atoms with Crippen LogP contribution in [-0.4, -0.2) is 45.5 Å². The number of ether oxygens (including phenoxy) is 2. The van der Waals surface area contributed by atoms with Crippen molar-refractivity contribution in [3.8, 4) is 11.5 Å². The zero-order valence-electron chi connectivity index (χ0n) is 19.8. The Morgan fingerprint density at radius 3 is 2.69 bits per heavy atom. The van der Waals surface area contributed by atoms with Crippen molar-refractivity contribution in [3.63, 3.8) is 0 Å². The second-order valence-electron chi connectivity index (χ2n) is 8.24. The first-order valence-corrected chi connectivity index (χ1v) is 11.5. The third kappa shape index (κ3) is 4.90. The van der Waals surface area contributed by atoms with Gasteiger partial charge in [0.25, 0.3) is 11.5 Å². The highest BCUT2D eigenvalue weighted by Crippen LogP contribution is 2.20. The molecule has 36 heavy (non-hydrogen) atoms. The van der Waals surface area contributed by atoms with E-state index in [0.29, 0.717) is 42.2 Å². The fourth-order valence-corrected chi connectivity index (χ4v) is 4.08. The van der Waals surface area contributed by atoms with E-state index < -0.39 is 0 Å². The largest absolute Gasteiger partial charge is 0.497 e. The van der Waals surface area contributed by atoms with Crippen molar-refractivity contribution >= 4 is 27.7 Å². The minimum absolute atomic E-state index is 0.121. The van der Waals surface area contributed by atoms with Gasteiger partial charge in [-0.05, 0) is 28.5 Å². The highest BCUT2D eigenvalue weighted by molar-refractivity contribution is 5.85. The fraction of sp³-hybridized carbons (Fsp3) is 0.185. The maximum Gasteiger partial charge on any atom is 0.264 e. The molecule has 2 heterocycles. The van der Waals surface area contributed by atoms with Gasteiger partial charge in [0.1, 0.15) is 23.2 Å². The molecule has 0 atom stereocenters. The lowest BCUT2D eigenvalue weighted by Gasteiger charge is -2.10. The zero-order chi connectivity index (χ0) is 24.9. The lowest BCUT2D eigenvalue weighted by atomic mass is 10.0. The van der Waals surface area contributed by atoms with Gasteiger partial charge < -0.3 is 14.8 Å². The van der Waals surface area contributed by atoms with Crippen molar-refractivity contribution in [2.45, 2.75) is 13.1 Å². The zero-order valence-corrected chi connectivity index (χ0v) is 19.8. The molecule has 0 spiro atoms. The Labute approximate surface area is 206 Å². The van der Waals surface area contributed by atoms with Gasteiger partial charge in [-0.2, -0.15) is 5.10 Å². The van der Waals surface area contributed by atoms with Gasteiger partial charge in [-0.15, -0.1) is 0 Å². The molecule has 9 heteroatoms. The van der Waals surface area contributed by atoms with E-state index in [1.54, 1.807) is 47.0 Å². The topological polar surface area (TPSA) is 100 Å². The Morgan fingerprint density at radius 2 is 1.81 bits per heavy atom. The number of carbonyl (C=O) groups is 1. The maximum absolute atomic E-state index is 13.1. The summed E-state index contributed by atoms with van der Waals surface area (Å²) in [7, 11) is 1.57. The number of benzene rings is 3. The molecule has 0 aliphatic rings. The van der Waals surface area contributed by atoms with Crippen LogP contribution in [0.15, 0.2) is 84.0 Å². The number of rotatable bonds is 9. The Hall–Kier alpha value is -4.66. The van der Waals surface area contributed by atoms with E-state index >= 15 is 0 Å². The summed E-state index contributed by atoms with van der Waals surface area (Å²) in [6.07, 6.45) is 3.07. The summed E-state index contributed by atoms with van der Waals surface area (Å²) in [6, 6.07) is 21.2. The third-order valence-corrected chi connectivity index (χ3v) is 5.90. The van der Waals surface area contributed by atoms with Crippen molar-refractivity contribution < 1.29 is 14.3 Å². The van der Waals surface area contributed by atoms with Crippen LogP contribution in [0.2, 0.25) is 0 Å².